The molecule has 0 aliphatic rings. The Labute approximate surface area is 178 Å². The molecule has 0 bridgehead atoms. The van der Waals surface area contributed by atoms with E-state index >= 15 is 0 Å². The number of nitro benzene ring substituents is 1. The molecule has 0 heterocycles. The number of anilines is 3. The Hall–Kier alpha value is -4.46. The van der Waals surface area contributed by atoms with Gasteiger partial charge in [-0.1, -0.05) is 30.3 Å². The van der Waals surface area contributed by atoms with Gasteiger partial charge in [0.2, 0.25) is 5.91 Å². The number of hydrogen-bond donors (Lipinski definition) is 3. The summed E-state index contributed by atoms with van der Waals surface area (Å²) in [4.78, 5) is 34.7. The molecule has 0 aliphatic heterocycles. The first-order chi connectivity index (χ1) is 14.9. The SMILES string of the molecule is CC(=O)N/C(=C/c1cccc([N+](=O)[O-])c1)C(=O)Nc1ccc(Nc2ccccc2)cc1. The van der Waals surface area contributed by atoms with Crippen molar-refractivity contribution in [3.63, 3.8) is 0 Å². The molecule has 0 saturated carbocycles. The van der Waals surface area contributed by atoms with Crippen molar-refractivity contribution in [3.05, 3.63) is 100 Å². The van der Waals surface area contributed by atoms with E-state index in [4.69, 9.17) is 0 Å². The molecule has 0 fully saturated rings. The van der Waals surface area contributed by atoms with Gasteiger partial charge >= 0.3 is 0 Å². The standard InChI is InChI=1S/C23H20N4O4/c1-16(28)24-22(15-17-6-5-9-21(14-17)27(30)31)23(29)26-20-12-10-19(11-13-20)25-18-7-3-2-4-8-18/h2-15,25H,1H3,(H,24,28)(H,26,29)/b22-15+. The zero-order chi connectivity index (χ0) is 22.2. The van der Waals surface area contributed by atoms with Gasteiger partial charge in [0.05, 0.1) is 4.92 Å². The van der Waals surface area contributed by atoms with E-state index in [0.717, 1.165) is 11.4 Å². The number of non-ortho nitro benzene ring substituents is 1. The van der Waals surface area contributed by atoms with Gasteiger partial charge in [-0.2, -0.15) is 0 Å². The second-order valence-corrected chi connectivity index (χ2v) is 6.61. The van der Waals surface area contributed by atoms with Gasteiger partial charge in [-0.25, -0.2) is 0 Å². The minimum absolute atomic E-state index is 0.0283. The predicted octanol–water partition coefficient (Wildman–Crippen LogP) is 4.45. The molecule has 156 valence electrons. The van der Waals surface area contributed by atoms with Crippen molar-refractivity contribution < 1.29 is 14.5 Å². The zero-order valence-electron chi connectivity index (χ0n) is 16.7. The molecular weight excluding hydrogens is 396 g/mol. The van der Waals surface area contributed by atoms with Crippen molar-refractivity contribution in [1.29, 1.82) is 0 Å². The van der Waals surface area contributed by atoms with Crippen LogP contribution in [0.3, 0.4) is 0 Å². The van der Waals surface area contributed by atoms with Crippen molar-refractivity contribution in [2.24, 2.45) is 0 Å². The summed E-state index contributed by atoms with van der Waals surface area (Å²) < 4.78 is 0. The van der Waals surface area contributed by atoms with Crippen LogP contribution in [0.25, 0.3) is 6.08 Å². The van der Waals surface area contributed by atoms with Crippen molar-refractivity contribution in [1.82, 2.24) is 5.32 Å². The number of nitro groups is 1. The third kappa shape index (κ3) is 6.26. The summed E-state index contributed by atoms with van der Waals surface area (Å²) in [6.07, 6.45) is 1.38. The van der Waals surface area contributed by atoms with Gasteiger partial charge in [0.1, 0.15) is 5.70 Å². The lowest BCUT2D eigenvalue weighted by Gasteiger charge is -2.11. The number of benzene rings is 3. The monoisotopic (exact) mass is 416 g/mol. The number of nitrogens with zero attached hydrogens (tertiary/aromatic N) is 1. The molecular formula is C23H20N4O4. The minimum atomic E-state index is -0.550. The van der Waals surface area contributed by atoms with Crippen molar-refractivity contribution in [2.75, 3.05) is 10.6 Å². The van der Waals surface area contributed by atoms with Crippen molar-refractivity contribution in [3.8, 4) is 0 Å². The highest BCUT2D eigenvalue weighted by Crippen LogP contribution is 2.20. The summed E-state index contributed by atoms with van der Waals surface area (Å²) in [7, 11) is 0. The van der Waals surface area contributed by atoms with Crippen LogP contribution in [-0.2, 0) is 9.59 Å². The average Bonchev–Trinajstić information content (AvgIpc) is 2.75. The number of hydrogen-bond acceptors (Lipinski definition) is 5. The molecule has 0 radical (unpaired) electrons. The van der Waals surface area contributed by atoms with Gasteiger partial charge in [0.25, 0.3) is 11.6 Å². The van der Waals surface area contributed by atoms with Crippen LogP contribution in [0.4, 0.5) is 22.7 Å². The molecule has 8 nitrogen and oxygen atoms in total. The van der Waals surface area contributed by atoms with Crippen LogP contribution in [-0.4, -0.2) is 16.7 Å². The fourth-order valence-corrected chi connectivity index (χ4v) is 2.77. The molecule has 31 heavy (non-hydrogen) atoms. The molecule has 2 amide bonds. The van der Waals surface area contributed by atoms with Crippen molar-refractivity contribution >= 4 is 40.6 Å². The van der Waals surface area contributed by atoms with Crippen LogP contribution in [0.2, 0.25) is 0 Å². The molecule has 0 unspecified atom stereocenters. The van der Waals surface area contributed by atoms with E-state index in [2.05, 4.69) is 16.0 Å². The third-order valence-electron chi connectivity index (χ3n) is 4.15. The van der Waals surface area contributed by atoms with E-state index in [1.165, 1.54) is 31.2 Å². The Morgan fingerprint density at radius 1 is 0.871 bits per heavy atom. The second kappa shape index (κ2) is 9.84. The lowest BCUT2D eigenvalue weighted by molar-refractivity contribution is -0.384. The van der Waals surface area contributed by atoms with E-state index in [9.17, 15) is 19.7 Å². The molecule has 0 saturated heterocycles. The van der Waals surface area contributed by atoms with Crippen LogP contribution < -0.4 is 16.0 Å². The van der Waals surface area contributed by atoms with Gasteiger partial charge in [0.15, 0.2) is 0 Å². The summed E-state index contributed by atoms with van der Waals surface area (Å²) in [6, 6.07) is 22.5. The lowest BCUT2D eigenvalue weighted by atomic mass is 10.1. The molecule has 0 spiro atoms. The Bertz CT molecular complexity index is 1130. The Kier molecular flexibility index (Phi) is 6.74. The number of carbonyl (C=O) groups excluding carboxylic acids is 2. The highest BCUT2D eigenvalue weighted by atomic mass is 16.6. The quantitative estimate of drug-likeness (QED) is 0.299. The maximum Gasteiger partial charge on any atom is 0.272 e. The number of amides is 2. The van der Waals surface area contributed by atoms with Crippen molar-refractivity contribution in [2.45, 2.75) is 6.92 Å². The van der Waals surface area contributed by atoms with Gasteiger partial charge in [-0.3, -0.25) is 19.7 Å². The van der Waals surface area contributed by atoms with Gasteiger partial charge in [-0.15, -0.1) is 0 Å². The molecule has 8 heteroatoms. The zero-order valence-corrected chi connectivity index (χ0v) is 16.7. The van der Waals surface area contributed by atoms with E-state index in [0.29, 0.717) is 11.3 Å². The summed E-state index contributed by atoms with van der Waals surface area (Å²) >= 11 is 0. The van der Waals surface area contributed by atoms with Crippen LogP contribution in [0.1, 0.15) is 12.5 Å². The van der Waals surface area contributed by atoms with E-state index in [1.807, 2.05) is 42.5 Å². The molecule has 3 aromatic carbocycles. The molecule has 0 aromatic heterocycles. The largest absolute Gasteiger partial charge is 0.356 e. The Morgan fingerprint density at radius 2 is 1.52 bits per heavy atom. The Balaban J connectivity index is 1.75. The topological polar surface area (TPSA) is 113 Å². The minimum Gasteiger partial charge on any atom is -0.356 e. The van der Waals surface area contributed by atoms with E-state index in [-0.39, 0.29) is 11.4 Å². The molecule has 3 aromatic rings. The Morgan fingerprint density at radius 3 is 2.16 bits per heavy atom. The molecule has 0 aliphatic carbocycles. The number of nitrogens with one attached hydrogen (secondary N) is 3. The fourth-order valence-electron chi connectivity index (χ4n) is 2.77. The predicted molar refractivity (Wildman–Crippen MR) is 120 cm³/mol. The second-order valence-electron chi connectivity index (χ2n) is 6.61. The van der Waals surface area contributed by atoms with Crippen LogP contribution in [0.5, 0.6) is 0 Å². The number of rotatable bonds is 7. The highest BCUT2D eigenvalue weighted by Gasteiger charge is 2.13. The van der Waals surface area contributed by atoms with Gasteiger partial charge < -0.3 is 16.0 Å². The summed E-state index contributed by atoms with van der Waals surface area (Å²) in [5, 5.41) is 19.4. The first kappa shape index (κ1) is 21.3. The number of para-hydroxylation sites is 1. The third-order valence-corrected chi connectivity index (χ3v) is 4.15. The normalized spacial score (nSPS) is 10.8. The van der Waals surface area contributed by atoms with Crippen LogP contribution in [0.15, 0.2) is 84.6 Å². The van der Waals surface area contributed by atoms with Gasteiger partial charge in [-0.05, 0) is 48.0 Å². The highest BCUT2D eigenvalue weighted by molar-refractivity contribution is 6.08. The lowest BCUT2D eigenvalue weighted by Crippen LogP contribution is -2.28. The summed E-state index contributed by atoms with van der Waals surface area (Å²) in [6.45, 7) is 1.28. The molecule has 3 rings (SSSR count). The van der Waals surface area contributed by atoms with E-state index < -0.39 is 16.7 Å². The average molecular weight is 416 g/mol. The van der Waals surface area contributed by atoms with E-state index in [1.54, 1.807) is 18.2 Å². The maximum absolute atomic E-state index is 12.7. The smallest absolute Gasteiger partial charge is 0.272 e. The molecule has 0 atom stereocenters. The summed E-state index contributed by atoms with van der Waals surface area (Å²) in [5.74, 6) is -0.986. The first-order valence-corrected chi connectivity index (χ1v) is 9.38. The van der Waals surface area contributed by atoms with Gasteiger partial charge in [0, 0.05) is 36.1 Å². The fraction of sp³-hybridized carbons (Fsp3) is 0.0435. The van der Waals surface area contributed by atoms with Crippen LogP contribution >= 0.6 is 0 Å². The summed E-state index contributed by atoms with van der Waals surface area (Å²) in [5.41, 5.74) is 2.58. The molecule has 3 N–H and O–H groups in total. The van der Waals surface area contributed by atoms with Crippen LogP contribution in [0, 0.1) is 10.1 Å². The number of carbonyl (C=O) groups is 2. The maximum atomic E-state index is 12.7. The first-order valence-electron chi connectivity index (χ1n) is 9.38.